The molecule has 0 spiro atoms. The lowest BCUT2D eigenvalue weighted by molar-refractivity contribution is -0.384. The van der Waals surface area contributed by atoms with Crippen LogP contribution in [0.25, 0.3) is 5.57 Å². The third-order valence-corrected chi connectivity index (χ3v) is 2.10. The maximum atomic E-state index is 10.5. The van der Waals surface area contributed by atoms with Crippen LogP contribution in [-0.2, 0) is 0 Å². The summed E-state index contributed by atoms with van der Waals surface area (Å²) in [7, 11) is 0. The number of rotatable bonds is 4. The van der Waals surface area contributed by atoms with Crippen molar-refractivity contribution in [3.8, 4) is 0 Å². The fourth-order valence-corrected chi connectivity index (χ4v) is 1.22. The second kappa shape index (κ2) is 8.85. The van der Waals surface area contributed by atoms with Crippen molar-refractivity contribution in [3.05, 3.63) is 46.1 Å². The molecule has 19 heavy (non-hydrogen) atoms. The molecule has 1 rings (SSSR count). The highest BCUT2D eigenvalue weighted by Gasteiger charge is 2.05. The molecule has 1 aromatic carbocycles. The van der Waals surface area contributed by atoms with Crippen LogP contribution in [0.15, 0.2) is 35.5 Å². The van der Waals surface area contributed by atoms with E-state index in [1.165, 1.54) is 18.3 Å². The van der Waals surface area contributed by atoms with Gasteiger partial charge in [0, 0.05) is 36.2 Å². The molecule has 0 amide bonds. The number of aliphatic imine (C=N–C) groups is 1. The van der Waals surface area contributed by atoms with E-state index in [9.17, 15) is 10.1 Å². The molecule has 0 aliphatic heterocycles. The summed E-state index contributed by atoms with van der Waals surface area (Å²) in [4.78, 5) is 14.3. The van der Waals surface area contributed by atoms with Gasteiger partial charge in [0.25, 0.3) is 5.69 Å². The number of non-ortho nitro benzene ring substituents is 1. The van der Waals surface area contributed by atoms with Crippen LogP contribution in [0.2, 0.25) is 0 Å². The van der Waals surface area contributed by atoms with Gasteiger partial charge >= 0.3 is 0 Å². The molecule has 0 saturated heterocycles. The largest absolute Gasteiger partial charge is 0.404 e. The maximum absolute atomic E-state index is 10.5. The number of nitro benzene ring substituents is 1. The molecular formula is C14H21N3O2. The Morgan fingerprint density at radius 1 is 1.32 bits per heavy atom. The molecule has 0 fully saturated rings. The van der Waals surface area contributed by atoms with E-state index in [-0.39, 0.29) is 11.7 Å². The van der Waals surface area contributed by atoms with Gasteiger partial charge in [-0.3, -0.25) is 15.1 Å². The molecule has 0 aromatic heterocycles. The Morgan fingerprint density at radius 2 is 1.84 bits per heavy atom. The Bertz CT molecular complexity index is 448. The third-order valence-electron chi connectivity index (χ3n) is 2.10. The number of hydrogen-bond donors (Lipinski definition) is 1. The highest BCUT2D eigenvalue weighted by Crippen LogP contribution is 2.17. The van der Waals surface area contributed by atoms with Gasteiger partial charge in [-0.05, 0) is 31.5 Å². The number of hydrogen-bond acceptors (Lipinski definition) is 4. The summed E-state index contributed by atoms with van der Waals surface area (Å²) >= 11 is 0. The van der Waals surface area contributed by atoms with E-state index in [4.69, 9.17) is 5.73 Å². The van der Waals surface area contributed by atoms with E-state index in [1.54, 1.807) is 18.3 Å². The summed E-state index contributed by atoms with van der Waals surface area (Å²) in [5, 5.41) is 10.5. The quantitative estimate of drug-likeness (QED) is 0.513. The molecule has 1 aromatic rings. The van der Waals surface area contributed by atoms with Crippen molar-refractivity contribution < 1.29 is 4.92 Å². The Hall–Kier alpha value is -2.17. The van der Waals surface area contributed by atoms with Gasteiger partial charge in [-0.2, -0.15) is 0 Å². The summed E-state index contributed by atoms with van der Waals surface area (Å²) in [6.07, 6.45) is 3.11. The molecular weight excluding hydrogens is 242 g/mol. The summed E-state index contributed by atoms with van der Waals surface area (Å²) in [6, 6.07) is 6.39. The van der Waals surface area contributed by atoms with Crippen LogP contribution in [0, 0.1) is 10.1 Å². The third kappa shape index (κ3) is 5.81. The normalized spacial score (nSPS) is 11.3. The average Bonchev–Trinajstić information content (AvgIpc) is 2.42. The van der Waals surface area contributed by atoms with Gasteiger partial charge in [0.05, 0.1) is 4.92 Å². The van der Waals surface area contributed by atoms with Crippen LogP contribution >= 0.6 is 0 Å². The van der Waals surface area contributed by atoms with Crippen molar-refractivity contribution in [2.75, 3.05) is 0 Å². The lowest BCUT2D eigenvalue weighted by Gasteiger charge is -2.02. The van der Waals surface area contributed by atoms with Crippen LogP contribution in [0.3, 0.4) is 0 Å². The van der Waals surface area contributed by atoms with Gasteiger partial charge < -0.3 is 5.73 Å². The smallest absolute Gasteiger partial charge is 0.269 e. The van der Waals surface area contributed by atoms with Crippen LogP contribution in [0.1, 0.15) is 33.3 Å². The van der Waals surface area contributed by atoms with Gasteiger partial charge in [-0.1, -0.05) is 13.8 Å². The lowest BCUT2D eigenvalue weighted by atomic mass is 10.1. The standard InChI is InChI=1S/C12H15N3O2.C2H6/c1-9(2)14-8-11(7-13)10-3-5-12(6-4-10)15(16)17;1-2/h3-9H,13H2,1-2H3;1-2H3/b11-7+,14-8?;. The van der Waals surface area contributed by atoms with E-state index in [0.29, 0.717) is 0 Å². The molecule has 5 nitrogen and oxygen atoms in total. The molecule has 0 radical (unpaired) electrons. The zero-order chi connectivity index (χ0) is 14.8. The predicted octanol–water partition coefficient (Wildman–Crippen LogP) is 3.40. The highest BCUT2D eigenvalue weighted by molar-refractivity contribution is 6.09. The number of benzene rings is 1. The number of allylic oxidation sites excluding steroid dienone is 1. The van der Waals surface area contributed by atoms with Crippen LogP contribution in [0.4, 0.5) is 5.69 Å². The molecule has 104 valence electrons. The minimum atomic E-state index is -0.433. The number of nitro groups is 1. The summed E-state index contributed by atoms with van der Waals surface area (Å²) in [5.74, 6) is 0. The summed E-state index contributed by atoms with van der Waals surface area (Å²) in [5.41, 5.74) is 7.11. The lowest BCUT2D eigenvalue weighted by Crippen LogP contribution is -1.95. The van der Waals surface area contributed by atoms with Gasteiger partial charge in [0.2, 0.25) is 0 Å². The molecule has 0 saturated carbocycles. The molecule has 2 N–H and O–H groups in total. The fourth-order valence-electron chi connectivity index (χ4n) is 1.22. The van der Waals surface area contributed by atoms with Crippen LogP contribution < -0.4 is 5.73 Å². The summed E-state index contributed by atoms with van der Waals surface area (Å²) in [6.45, 7) is 7.92. The van der Waals surface area contributed by atoms with Crippen LogP contribution in [-0.4, -0.2) is 17.2 Å². The van der Waals surface area contributed by atoms with Crippen molar-refractivity contribution >= 4 is 17.5 Å². The van der Waals surface area contributed by atoms with Gasteiger partial charge in [-0.25, -0.2) is 0 Å². The van der Waals surface area contributed by atoms with Gasteiger partial charge in [0.1, 0.15) is 0 Å². The second-order valence-corrected chi connectivity index (χ2v) is 3.80. The molecule has 0 aliphatic rings. The molecule has 0 unspecified atom stereocenters. The zero-order valence-electron chi connectivity index (χ0n) is 11.8. The van der Waals surface area contributed by atoms with E-state index >= 15 is 0 Å². The van der Waals surface area contributed by atoms with Crippen molar-refractivity contribution in [2.45, 2.75) is 33.7 Å². The van der Waals surface area contributed by atoms with E-state index in [0.717, 1.165) is 11.1 Å². The minimum absolute atomic E-state index is 0.0610. The first-order valence-corrected chi connectivity index (χ1v) is 6.24. The zero-order valence-corrected chi connectivity index (χ0v) is 11.8. The van der Waals surface area contributed by atoms with Crippen molar-refractivity contribution in [2.24, 2.45) is 10.7 Å². The van der Waals surface area contributed by atoms with Crippen molar-refractivity contribution in [1.82, 2.24) is 0 Å². The van der Waals surface area contributed by atoms with Crippen LogP contribution in [0.5, 0.6) is 0 Å². The molecule has 0 bridgehead atoms. The SMILES string of the molecule is CC.CC(C)N=C/C(=C\N)c1ccc([N+](=O)[O-])cc1. The van der Waals surface area contributed by atoms with Gasteiger partial charge in [-0.15, -0.1) is 0 Å². The van der Waals surface area contributed by atoms with E-state index < -0.39 is 4.92 Å². The van der Waals surface area contributed by atoms with Gasteiger partial charge in [0.15, 0.2) is 0 Å². The van der Waals surface area contributed by atoms with Crippen molar-refractivity contribution in [3.63, 3.8) is 0 Å². The summed E-state index contributed by atoms with van der Waals surface area (Å²) < 4.78 is 0. The van der Waals surface area contributed by atoms with Crippen molar-refractivity contribution in [1.29, 1.82) is 0 Å². The molecule has 0 heterocycles. The first-order valence-electron chi connectivity index (χ1n) is 6.24. The first kappa shape index (κ1) is 16.8. The Morgan fingerprint density at radius 3 is 2.21 bits per heavy atom. The first-order chi connectivity index (χ1) is 9.04. The fraction of sp³-hybridized carbons (Fsp3) is 0.357. The topological polar surface area (TPSA) is 81.5 Å². The van der Waals surface area contributed by atoms with E-state index in [1.807, 2.05) is 27.7 Å². The molecule has 0 atom stereocenters. The Labute approximate surface area is 114 Å². The predicted molar refractivity (Wildman–Crippen MR) is 80.2 cm³/mol. The Kier molecular flexibility index (Phi) is 7.84. The monoisotopic (exact) mass is 263 g/mol. The number of nitrogens with two attached hydrogens (primary N) is 1. The highest BCUT2D eigenvalue weighted by atomic mass is 16.6. The number of nitrogens with zero attached hydrogens (tertiary/aromatic N) is 2. The minimum Gasteiger partial charge on any atom is -0.404 e. The molecule has 0 aliphatic carbocycles. The molecule has 5 heteroatoms. The van der Waals surface area contributed by atoms with E-state index in [2.05, 4.69) is 4.99 Å². The Balaban J connectivity index is 0.00000154. The maximum Gasteiger partial charge on any atom is 0.269 e. The second-order valence-electron chi connectivity index (χ2n) is 3.80. The average molecular weight is 263 g/mol.